The van der Waals surface area contributed by atoms with Crippen molar-refractivity contribution in [1.29, 1.82) is 0 Å². The van der Waals surface area contributed by atoms with Crippen molar-refractivity contribution in [3.63, 3.8) is 0 Å². The molecule has 0 unspecified atom stereocenters. The van der Waals surface area contributed by atoms with E-state index in [2.05, 4.69) is 5.32 Å². The Labute approximate surface area is 175 Å². The van der Waals surface area contributed by atoms with E-state index < -0.39 is 0 Å². The molecule has 0 atom stereocenters. The molecule has 0 fully saturated rings. The van der Waals surface area contributed by atoms with Gasteiger partial charge in [-0.25, -0.2) is 0 Å². The van der Waals surface area contributed by atoms with E-state index in [9.17, 15) is 4.79 Å². The van der Waals surface area contributed by atoms with Crippen molar-refractivity contribution in [2.75, 3.05) is 26.6 Å². The van der Waals surface area contributed by atoms with Crippen molar-refractivity contribution >= 4 is 23.2 Å². The van der Waals surface area contributed by atoms with Gasteiger partial charge in [-0.1, -0.05) is 11.6 Å². The lowest BCUT2D eigenvalue weighted by Crippen LogP contribution is -2.14. The van der Waals surface area contributed by atoms with Crippen LogP contribution in [0.25, 0.3) is 5.69 Å². The molecular formula is C22H23ClN2O4. The molecule has 0 aliphatic heterocycles. The number of anilines is 1. The van der Waals surface area contributed by atoms with Gasteiger partial charge in [-0.2, -0.15) is 0 Å². The van der Waals surface area contributed by atoms with Gasteiger partial charge < -0.3 is 24.1 Å². The Hall–Kier alpha value is -3.12. The second kappa shape index (κ2) is 9.39. The first-order valence-electron chi connectivity index (χ1n) is 9.07. The molecule has 0 spiro atoms. The number of nitrogens with one attached hydrogen (secondary N) is 1. The molecule has 0 aliphatic carbocycles. The van der Waals surface area contributed by atoms with Crippen molar-refractivity contribution in [2.24, 2.45) is 0 Å². The molecule has 0 bridgehead atoms. The average molecular weight is 415 g/mol. The second-order valence-corrected chi connectivity index (χ2v) is 6.77. The molecule has 7 heteroatoms. The molecule has 29 heavy (non-hydrogen) atoms. The van der Waals surface area contributed by atoms with Crippen molar-refractivity contribution < 1.29 is 19.0 Å². The smallest absolute Gasteiger partial charge is 0.224 e. The average Bonchev–Trinajstić information content (AvgIpc) is 3.27. The predicted molar refractivity (Wildman–Crippen MR) is 114 cm³/mol. The van der Waals surface area contributed by atoms with E-state index in [4.69, 9.17) is 25.8 Å². The predicted octanol–water partition coefficient (Wildman–Crippen LogP) is 4.73. The van der Waals surface area contributed by atoms with E-state index in [0.717, 1.165) is 11.3 Å². The van der Waals surface area contributed by atoms with Crippen LogP contribution in [0.2, 0.25) is 5.02 Å². The fraction of sp³-hybridized carbons (Fsp3) is 0.227. The summed E-state index contributed by atoms with van der Waals surface area (Å²) < 4.78 is 18.0. The van der Waals surface area contributed by atoms with Crippen LogP contribution in [-0.4, -0.2) is 31.8 Å². The zero-order valence-electron chi connectivity index (χ0n) is 16.6. The number of carbonyl (C=O) groups excluding carboxylic acids is 1. The van der Waals surface area contributed by atoms with Crippen LogP contribution < -0.4 is 19.5 Å². The van der Waals surface area contributed by atoms with Crippen LogP contribution in [0.15, 0.2) is 54.9 Å². The Morgan fingerprint density at radius 1 is 1.00 bits per heavy atom. The van der Waals surface area contributed by atoms with E-state index in [1.165, 1.54) is 0 Å². The van der Waals surface area contributed by atoms with Crippen molar-refractivity contribution in [1.82, 2.24) is 4.57 Å². The van der Waals surface area contributed by atoms with E-state index in [1.807, 2.05) is 47.3 Å². The zero-order valence-corrected chi connectivity index (χ0v) is 17.3. The third-order valence-electron chi connectivity index (χ3n) is 4.48. The summed E-state index contributed by atoms with van der Waals surface area (Å²) in [5.41, 5.74) is 2.42. The van der Waals surface area contributed by atoms with Crippen molar-refractivity contribution in [2.45, 2.75) is 12.8 Å². The summed E-state index contributed by atoms with van der Waals surface area (Å²) >= 11 is 6.13. The number of ether oxygens (including phenoxy) is 3. The normalized spacial score (nSPS) is 10.5. The summed E-state index contributed by atoms with van der Waals surface area (Å²) in [5.74, 6) is 1.56. The number of rotatable bonds is 8. The summed E-state index contributed by atoms with van der Waals surface area (Å²) in [6, 6.07) is 12.9. The summed E-state index contributed by atoms with van der Waals surface area (Å²) in [7, 11) is 4.69. The van der Waals surface area contributed by atoms with Crippen LogP contribution in [0.1, 0.15) is 12.0 Å². The minimum Gasteiger partial charge on any atom is -0.493 e. The number of amides is 1. The molecule has 0 aliphatic rings. The number of carbonyl (C=O) groups is 1. The van der Waals surface area contributed by atoms with Crippen LogP contribution in [0.4, 0.5) is 5.69 Å². The topological polar surface area (TPSA) is 61.7 Å². The van der Waals surface area contributed by atoms with Gasteiger partial charge in [0, 0.05) is 23.8 Å². The molecule has 1 N–H and O–H groups in total. The number of hydrogen-bond acceptors (Lipinski definition) is 4. The van der Waals surface area contributed by atoms with Crippen LogP contribution in [-0.2, 0) is 11.2 Å². The number of nitrogens with zero attached hydrogens (tertiary/aromatic N) is 1. The maximum absolute atomic E-state index is 12.6. The minimum atomic E-state index is -0.102. The van der Waals surface area contributed by atoms with E-state index >= 15 is 0 Å². The number of methoxy groups -OCH3 is 3. The Morgan fingerprint density at radius 2 is 1.66 bits per heavy atom. The number of aryl methyl sites for hydroxylation is 1. The summed E-state index contributed by atoms with van der Waals surface area (Å²) in [5, 5.41) is 3.57. The van der Waals surface area contributed by atoms with E-state index in [0.29, 0.717) is 40.8 Å². The second-order valence-electron chi connectivity index (χ2n) is 6.33. The van der Waals surface area contributed by atoms with Crippen LogP contribution in [0.3, 0.4) is 0 Å². The van der Waals surface area contributed by atoms with Crippen molar-refractivity contribution in [3.05, 3.63) is 65.4 Å². The Kier molecular flexibility index (Phi) is 6.67. The SMILES string of the molecule is COc1cc(CCC(=O)Nc2ccc(Cl)cc2-n2cccc2)cc(OC)c1OC. The van der Waals surface area contributed by atoms with Gasteiger partial charge in [0.25, 0.3) is 0 Å². The van der Waals surface area contributed by atoms with Crippen molar-refractivity contribution in [3.8, 4) is 22.9 Å². The highest BCUT2D eigenvalue weighted by Crippen LogP contribution is 2.38. The van der Waals surface area contributed by atoms with Crippen LogP contribution in [0.5, 0.6) is 17.2 Å². The molecule has 0 radical (unpaired) electrons. The van der Waals surface area contributed by atoms with Gasteiger partial charge in [0.05, 0.1) is 32.7 Å². The molecule has 6 nitrogen and oxygen atoms in total. The molecule has 2 aromatic carbocycles. The highest BCUT2D eigenvalue weighted by atomic mass is 35.5. The fourth-order valence-electron chi connectivity index (χ4n) is 3.07. The van der Waals surface area contributed by atoms with Crippen LogP contribution >= 0.6 is 11.6 Å². The first-order valence-corrected chi connectivity index (χ1v) is 9.45. The Bertz CT molecular complexity index is 961. The van der Waals surface area contributed by atoms with Crippen LogP contribution in [0, 0.1) is 0 Å². The van der Waals surface area contributed by atoms with Gasteiger partial charge in [-0.05, 0) is 54.4 Å². The first-order chi connectivity index (χ1) is 14.0. The number of aromatic nitrogens is 1. The zero-order chi connectivity index (χ0) is 20.8. The van der Waals surface area contributed by atoms with Gasteiger partial charge in [0.15, 0.2) is 11.5 Å². The number of benzene rings is 2. The molecule has 3 aromatic rings. The third kappa shape index (κ3) is 4.84. The molecule has 0 saturated heterocycles. The molecule has 1 amide bonds. The third-order valence-corrected chi connectivity index (χ3v) is 4.72. The number of hydrogen-bond donors (Lipinski definition) is 1. The minimum absolute atomic E-state index is 0.102. The Morgan fingerprint density at radius 3 is 2.24 bits per heavy atom. The van der Waals surface area contributed by atoms with E-state index in [-0.39, 0.29) is 5.91 Å². The number of halogens is 1. The quantitative estimate of drug-likeness (QED) is 0.579. The standard InChI is InChI=1S/C22H23ClN2O4/c1-27-19-12-15(13-20(28-2)22(19)29-3)6-9-21(26)24-17-8-7-16(23)14-18(17)25-10-4-5-11-25/h4-5,7-8,10-14H,6,9H2,1-3H3,(H,24,26). The fourth-order valence-corrected chi connectivity index (χ4v) is 3.24. The Balaban J connectivity index is 1.73. The highest BCUT2D eigenvalue weighted by Gasteiger charge is 2.14. The van der Waals surface area contributed by atoms with Gasteiger partial charge in [0.2, 0.25) is 11.7 Å². The molecule has 152 valence electrons. The molecular weight excluding hydrogens is 392 g/mol. The maximum Gasteiger partial charge on any atom is 0.224 e. The molecule has 3 rings (SSSR count). The first kappa shape index (κ1) is 20.6. The van der Waals surface area contributed by atoms with Gasteiger partial charge in [0.1, 0.15) is 0 Å². The lowest BCUT2D eigenvalue weighted by molar-refractivity contribution is -0.116. The largest absolute Gasteiger partial charge is 0.493 e. The lowest BCUT2D eigenvalue weighted by Gasteiger charge is -2.15. The van der Waals surface area contributed by atoms with Gasteiger partial charge >= 0.3 is 0 Å². The summed E-state index contributed by atoms with van der Waals surface area (Å²) in [6.45, 7) is 0. The highest BCUT2D eigenvalue weighted by molar-refractivity contribution is 6.30. The molecule has 1 aromatic heterocycles. The van der Waals surface area contributed by atoms with E-state index in [1.54, 1.807) is 33.5 Å². The summed E-state index contributed by atoms with van der Waals surface area (Å²) in [6.07, 6.45) is 4.62. The maximum atomic E-state index is 12.6. The van der Waals surface area contributed by atoms with Gasteiger partial charge in [-0.3, -0.25) is 4.79 Å². The summed E-state index contributed by atoms with van der Waals surface area (Å²) in [4.78, 5) is 12.6. The lowest BCUT2D eigenvalue weighted by atomic mass is 10.1. The van der Waals surface area contributed by atoms with Gasteiger partial charge in [-0.15, -0.1) is 0 Å². The molecule has 0 saturated carbocycles. The monoisotopic (exact) mass is 414 g/mol. The molecule has 1 heterocycles.